The van der Waals surface area contributed by atoms with Crippen molar-refractivity contribution in [3.05, 3.63) is 50.2 Å². The zero-order valence-electron chi connectivity index (χ0n) is 10.8. The number of nitrogens with zero attached hydrogens (tertiary/aromatic N) is 2. The van der Waals surface area contributed by atoms with Gasteiger partial charge >= 0.3 is 5.69 Å². The molecular formula is C13H9Cl2N3O2S. The van der Waals surface area contributed by atoms with Crippen LogP contribution in [0.3, 0.4) is 0 Å². The van der Waals surface area contributed by atoms with Crippen molar-refractivity contribution in [2.75, 3.05) is 7.11 Å². The number of halogens is 2. The second-order valence-electron chi connectivity index (χ2n) is 4.10. The molecule has 2 aromatic heterocycles. The molecule has 0 fully saturated rings. The minimum atomic E-state index is -0.393. The lowest BCUT2D eigenvalue weighted by atomic mass is 10.3. The average molecular weight is 342 g/mol. The van der Waals surface area contributed by atoms with E-state index in [-0.39, 0.29) is 0 Å². The Hall–Kier alpha value is -1.76. The van der Waals surface area contributed by atoms with Crippen molar-refractivity contribution < 1.29 is 4.74 Å². The number of aromatic amines is 1. The molecule has 0 aliphatic carbocycles. The van der Waals surface area contributed by atoms with Gasteiger partial charge < -0.3 is 4.74 Å². The third kappa shape index (κ3) is 2.57. The molecule has 0 spiro atoms. The highest BCUT2D eigenvalue weighted by molar-refractivity contribution is 7.14. The summed E-state index contributed by atoms with van der Waals surface area (Å²) in [4.78, 5) is 15.5. The molecule has 5 nitrogen and oxygen atoms in total. The van der Waals surface area contributed by atoms with Gasteiger partial charge in [0.15, 0.2) is 5.82 Å². The van der Waals surface area contributed by atoms with Crippen molar-refractivity contribution in [1.29, 1.82) is 0 Å². The Labute approximate surface area is 133 Å². The van der Waals surface area contributed by atoms with E-state index in [9.17, 15) is 4.79 Å². The number of ether oxygens (including phenoxy) is 1. The van der Waals surface area contributed by atoms with Gasteiger partial charge in [0.05, 0.1) is 17.0 Å². The summed E-state index contributed by atoms with van der Waals surface area (Å²) in [6.45, 7) is 0. The fourth-order valence-electron chi connectivity index (χ4n) is 1.88. The summed E-state index contributed by atoms with van der Waals surface area (Å²) in [5, 5.41) is 7.12. The van der Waals surface area contributed by atoms with Crippen molar-refractivity contribution in [3.8, 4) is 22.1 Å². The summed E-state index contributed by atoms with van der Waals surface area (Å²) in [6, 6.07) is 6.72. The first-order valence-electron chi connectivity index (χ1n) is 5.87. The van der Waals surface area contributed by atoms with Crippen molar-refractivity contribution in [2.45, 2.75) is 0 Å². The number of rotatable bonds is 3. The fraction of sp³-hybridized carbons (Fsp3) is 0.0769. The first-order chi connectivity index (χ1) is 10.1. The highest BCUT2D eigenvalue weighted by Gasteiger charge is 2.15. The minimum Gasteiger partial charge on any atom is -0.494 e. The van der Waals surface area contributed by atoms with Gasteiger partial charge in [-0.25, -0.2) is 4.79 Å². The minimum absolute atomic E-state index is 0.393. The van der Waals surface area contributed by atoms with E-state index < -0.39 is 5.69 Å². The van der Waals surface area contributed by atoms with Gasteiger partial charge in [0, 0.05) is 5.02 Å². The smallest absolute Gasteiger partial charge is 0.348 e. The van der Waals surface area contributed by atoms with Crippen LogP contribution in [0.5, 0.6) is 5.75 Å². The topological polar surface area (TPSA) is 59.9 Å². The maximum absolute atomic E-state index is 12.1. The monoisotopic (exact) mass is 341 g/mol. The van der Waals surface area contributed by atoms with Crippen molar-refractivity contribution in [3.63, 3.8) is 0 Å². The summed E-state index contributed by atoms with van der Waals surface area (Å²) in [7, 11) is 1.52. The van der Waals surface area contributed by atoms with E-state index in [1.54, 1.807) is 24.3 Å². The molecule has 1 N–H and O–H groups in total. The lowest BCUT2D eigenvalue weighted by molar-refractivity contribution is 0.411. The normalized spacial score (nSPS) is 10.8. The van der Waals surface area contributed by atoms with Gasteiger partial charge in [0.25, 0.3) is 0 Å². The Morgan fingerprint density at radius 3 is 2.81 bits per heavy atom. The number of methoxy groups -OCH3 is 1. The van der Waals surface area contributed by atoms with E-state index in [1.165, 1.54) is 23.1 Å². The van der Waals surface area contributed by atoms with Gasteiger partial charge in [-0.2, -0.15) is 4.68 Å². The Morgan fingerprint density at radius 1 is 1.33 bits per heavy atom. The Balaban J connectivity index is 2.17. The van der Waals surface area contributed by atoms with Gasteiger partial charge in [-0.3, -0.25) is 4.98 Å². The van der Waals surface area contributed by atoms with Crippen molar-refractivity contribution in [1.82, 2.24) is 14.8 Å². The Kier molecular flexibility index (Phi) is 3.75. The number of thiophene rings is 1. The largest absolute Gasteiger partial charge is 0.494 e. The van der Waals surface area contributed by atoms with Gasteiger partial charge in [0.2, 0.25) is 0 Å². The number of hydrogen-bond acceptors (Lipinski definition) is 4. The maximum Gasteiger partial charge on any atom is 0.348 e. The van der Waals surface area contributed by atoms with Crippen LogP contribution in [-0.2, 0) is 0 Å². The van der Waals surface area contributed by atoms with E-state index in [2.05, 4.69) is 10.1 Å². The molecule has 0 amide bonds. The number of nitrogens with one attached hydrogen (secondary N) is 1. The molecule has 8 heteroatoms. The molecule has 1 aromatic carbocycles. The molecule has 0 bridgehead atoms. The summed E-state index contributed by atoms with van der Waals surface area (Å²) < 4.78 is 6.44. The molecule has 21 heavy (non-hydrogen) atoms. The molecule has 0 saturated heterocycles. The number of benzene rings is 1. The van der Waals surface area contributed by atoms with E-state index in [1.807, 2.05) is 5.38 Å². The maximum atomic E-state index is 12.1. The summed E-state index contributed by atoms with van der Waals surface area (Å²) >= 11 is 13.4. The van der Waals surface area contributed by atoms with E-state index >= 15 is 0 Å². The van der Waals surface area contributed by atoms with Gasteiger partial charge in [-0.05, 0) is 29.6 Å². The van der Waals surface area contributed by atoms with Crippen LogP contribution in [0.25, 0.3) is 16.4 Å². The van der Waals surface area contributed by atoms with Gasteiger partial charge in [-0.15, -0.1) is 16.4 Å². The van der Waals surface area contributed by atoms with Crippen molar-refractivity contribution >= 4 is 34.5 Å². The third-order valence-electron chi connectivity index (χ3n) is 2.82. The van der Waals surface area contributed by atoms with Crippen LogP contribution in [0, 0.1) is 0 Å². The SMILES string of the molecule is COc1ccc(Cl)cc1-n1nc(-c2sccc2Cl)[nH]c1=O. The van der Waals surface area contributed by atoms with E-state index in [4.69, 9.17) is 27.9 Å². The number of aromatic nitrogens is 3. The predicted molar refractivity (Wildman–Crippen MR) is 84.1 cm³/mol. The Bertz CT molecular complexity index is 853. The molecule has 3 aromatic rings. The molecule has 108 valence electrons. The first kappa shape index (κ1) is 14.2. The molecule has 0 atom stereocenters. The number of hydrogen-bond donors (Lipinski definition) is 1. The zero-order valence-corrected chi connectivity index (χ0v) is 13.1. The lowest BCUT2D eigenvalue weighted by Gasteiger charge is -2.07. The second kappa shape index (κ2) is 5.55. The average Bonchev–Trinajstić information content (AvgIpc) is 3.04. The quantitative estimate of drug-likeness (QED) is 0.791. The zero-order chi connectivity index (χ0) is 15.0. The fourth-order valence-corrected chi connectivity index (χ4v) is 3.13. The van der Waals surface area contributed by atoms with Crippen LogP contribution in [-0.4, -0.2) is 21.9 Å². The van der Waals surface area contributed by atoms with Crippen LogP contribution in [0.15, 0.2) is 34.4 Å². The predicted octanol–water partition coefficient (Wildman–Crippen LogP) is 3.60. The molecule has 3 rings (SSSR count). The highest BCUT2D eigenvalue weighted by atomic mass is 35.5. The molecule has 0 aliphatic rings. The standard InChI is InChI=1S/C13H9Cl2N3O2S/c1-20-10-3-2-7(14)6-9(10)18-13(19)16-12(17-18)11-8(15)4-5-21-11/h2-6H,1H3,(H,16,17,19). The Morgan fingerprint density at radius 2 is 2.14 bits per heavy atom. The van der Waals surface area contributed by atoms with Gasteiger partial charge in [-0.1, -0.05) is 23.2 Å². The second-order valence-corrected chi connectivity index (χ2v) is 5.86. The third-order valence-corrected chi connectivity index (χ3v) is 4.40. The molecule has 0 aliphatic heterocycles. The van der Waals surface area contributed by atoms with E-state index in [0.29, 0.717) is 32.2 Å². The summed E-state index contributed by atoms with van der Waals surface area (Å²) in [5.74, 6) is 0.902. The van der Waals surface area contributed by atoms with Crippen LogP contribution in [0.4, 0.5) is 0 Å². The van der Waals surface area contributed by atoms with Crippen LogP contribution >= 0.6 is 34.5 Å². The van der Waals surface area contributed by atoms with Crippen LogP contribution in [0.1, 0.15) is 0 Å². The summed E-state index contributed by atoms with van der Waals surface area (Å²) in [5.41, 5.74) is 0.0696. The molecule has 2 heterocycles. The van der Waals surface area contributed by atoms with Gasteiger partial charge in [0.1, 0.15) is 11.4 Å². The lowest BCUT2D eigenvalue weighted by Crippen LogP contribution is -2.16. The van der Waals surface area contributed by atoms with Crippen LogP contribution in [0.2, 0.25) is 10.0 Å². The highest BCUT2D eigenvalue weighted by Crippen LogP contribution is 2.31. The molecule has 0 unspecified atom stereocenters. The molecular weight excluding hydrogens is 333 g/mol. The van der Waals surface area contributed by atoms with Crippen molar-refractivity contribution in [2.24, 2.45) is 0 Å². The molecule has 0 saturated carbocycles. The van der Waals surface area contributed by atoms with Crippen LogP contribution < -0.4 is 10.4 Å². The summed E-state index contributed by atoms with van der Waals surface area (Å²) in [6.07, 6.45) is 0. The molecule has 0 radical (unpaired) electrons. The number of H-pyrrole nitrogens is 1. The first-order valence-corrected chi connectivity index (χ1v) is 7.50. The van der Waals surface area contributed by atoms with E-state index in [0.717, 1.165) is 0 Å².